The van der Waals surface area contributed by atoms with Gasteiger partial charge in [0.05, 0.1) is 11.2 Å². The molecule has 0 spiro atoms. The fraction of sp³-hybridized carbons (Fsp3) is 0.250. The molecule has 0 aliphatic carbocycles. The highest BCUT2D eigenvalue weighted by Crippen LogP contribution is 2.47. The maximum Gasteiger partial charge on any atom is 0.218 e. The van der Waals surface area contributed by atoms with Gasteiger partial charge in [-0.15, -0.1) is 0 Å². The van der Waals surface area contributed by atoms with Gasteiger partial charge in [-0.3, -0.25) is 0 Å². The summed E-state index contributed by atoms with van der Waals surface area (Å²) in [6.07, 6.45) is 0. The summed E-state index contributed by atoms with van der Waals surface area (Å²) in [7, 11) is 0. The minimum absolute atomic E-state index is 0.0208. The second kappa shape index (κ2) is 5.41. The van der Waals surface area contributed by atoms with Gasteiger partial charge in [-0.25, -0.2) is 4.98 Å². The quantitative estimate of drug-likeness (QED) is 0.362. The summed E-state index contributed by atoms with van der Waals surface area (Å²) in [5, 5.41) is 0.999. The van der Waals surface area contributed by atoms with Crippen LogP contribution in [-0.2, 0) is 5.41 Å². The fourth-order valence-electron chi connectivity index (χ4n) is 3.67. The Hall–Kier alpha value is -1.69. The Kier molecular flexibility index (Phi) is 3.56. The van der Waals surface area contributed by atoms with Gasteiger partial charge >= 0.3 is 0 Å². The minimum atomic E-state index is -0.388. The maximum absolute atomic E-state index is 14.5. The number of para-hydroxylation sites is 1. The van der Waals surface area contributed by atoms with Gasteiger partial charge in [0, 0.05) is 32.2 Å². The number of aromatic nitrogens is 1. The molecule has 4 heteroatoms. The van der Waals surface area contributed by atoms with Crippen LogP contribution in [0.5, 0.6) is 0 Å². The van der Waals surface area contributed by atoms with Crippen molar-refractivity contribution in [3.63, 3.8) is 0 Å². The highest BCUT2D eigenvalue weighted by molar-refractivity contribution is 14.1. The lowest BCUT2D eigenvalue weighted by Crippen LogP contribution is -2.26. The molecule has 122 valence electrons. The molecule has 4 rings (SSSR count). The summed E-state index contributed by atoms with van der Waals surface area (Å²) >= 11 is 2.33. The Bertz CT molecular complexity index is 965. The summed E-state index contributed by atoms with van der Waals surface area (Å²) in [4.78, 5) is 6.39. The van der Waals surface area contributed by atoms with Crippen molar-refractivity contribution in [2.45, 2.75) is 26.2 Å². The van der Waals surface area contributed by atoms with E-state index in [0.717, 1.165) is 17.6 Å². The van der Waals surface area contributed by atoms with Crippen molar-refractivity contribution < 1.29 is 4.39 Å². The molecule has 1 aliphatic rings. The molecule has 2 nitrogen and oxygen atoms in total. The van der Waals surface area contributed by atoms with Crippen LogP contribution in [0.4, 0.5) is 15.8 Å². The first kappa shape index (κ1) is 15.8. The molecule has 2 aromatic carbocycles. The van der Waals surface area contributed by atoms with Gasteiger partial charge in [0.2, 0.25) is 5.95 Å². The van der Waals surface area contributed by atoms with Gasteiger partial charge in [-0.05, 0) is 53.3 Å². The molecule has 3 aromatic rings. The molecule has 0 N–H and O–H groups in total. The standard InChI is InChI=1S/C20H18FIN2/c1-12-18(14-6-4-5-7-16(14)23-19(12)21)24-11-20(2,3)15-9-8-13(22)10-17(15)24/h4-10H,11H2,1-3H3. The van der Waals surface area contributed by atoms with E-state index in [2.05, 4.69) is 64.5 Å². The van der Waals surface area contributed by atoms with Crippen LogP contribution in [0, 0.1) is 16.4 Å². The van der Waals surface area contributed by atoms with E-state index in [4.69, 9.17) is 0 Å². The number of fused-ring (bicyclic) bond motifs is 2. The molecule has 0 atom stereocenters. The Morgan fingerprint density at radius 2 is 1.92 bits per heavy atom. The van der Waals surface area contributed by atoms with Gasteiger partial charge in [0.25, 0.3) is 0 Å². The summed E-state index contributed by atoms with van der Waals surface area (Å²) in [5.74, 6) is -0.388. The molecule has 0 bridgehead atoms. The normalized spacial score (nSPS) is 15.8. The van der Waals surface area contributed by atoms with Gasteiger partial charge in [0.15, 0.2) is 0 Å². The predicted molar refractivity (Wildman–Crippen MR) is 106 cm³/mol. The second-order valence-electron chi connectivity index (χ2n) is 7.02. The van der Waals surface area contributed by atoms with Crippen LogP contribution in [-0.4, -0.2) is 11.5 Å². The van der Waals surface area contributed by atoms with E-state index in [-0.39, 0.29) is 11.4 Å². The van der Waals surface area contributed by atoms with Gasteiger partial charge in [-0.2, -0.15) is 4.39 Å². The molecular weight excluding hydrogens is 414 g/mol. The number of hydrogen-bond acceptors (Lipinski definition) is 2. The van der Waals surface area contributed by atoms with Crippen LogP contribution in [0.1, 0.15) is 25.0 Å². The number of pyridine rings is 1. The third-order valence-corrected chi connectivity index (χ3v) is 5.52. The predicted octanol–water partition coefficient (Wildman–Crippen LogP) is 5.72. The van der Waals surface area contributed by atoms with E-state index in [1.165, 1.54) is 14.8 Å². The largest absolute Gasteiger partial charge is 0.339 e. The summed E-state index contributed by atoms with van der Waals surface area (Å²) < 4.78 is 15.7. The van der Waals surface area contributed by atoms with Crippen molar-refractivity contribution in [1.82, 2.24) is 4.98 Å². The van der Waals surface area contributed by atoms with E-state index < -0.39 is 0 Å². The molecule has 0 fully saturated rings. The van der Waals surface area contributed by atoms with Crippen LogP contribution in [0.15, 0.2) is 42.5 Å². The van der Waals surface area contributed by atoms with E-state index in [0.29, 0.717) is 11.1 Å². The van der Waals surface area contributed by atoms with E-state index in [9.17, 15) is 4.39 Å². The van der Waals surface area contributed by atoms with Crippen molar-refractivity contribution in [1.29, 1.82) is 0 Å². The average molecular weight is 432 g/mol. The van der Waals surface area contributed by atoms with Crippen molar-refractivity contribution in [3.8, 4) is 0 Å². The zero-order chi connectivity index (χ0) is 17.1. The van der Waals surface area contributed by atoms with Crippen molar-refractivity contribution in [2.75, 3.05) is 11.4 Å². The monoisotopic (exact) mass is 432 g/mol. The van der Waals surface area contributed by atoms with Crippen LogP contribution < -0.4 is 4.90 Å². The Balaban J connectivity index is 2.04. The first-order valence-electron chi connectivity index (χ1n) is 8.01. The SMILES string of the molecule is Cc1c(F)nc2ccccc2c1N1CC(C)(C)c2ccc(I)cc21. The molecule has 0 saturated carbocycles. The molecule has 0 unspecified atom stereocenters. The Morgan fingerprint density at radius 3 is 2.71 bits per heavy atom. The van der Waals surface area contributed by atoms with E-state index in [1.807, 2.05) is 31.2 Å². The number of halogens is 2. The smallest absolute Gasteiger partial charge is 0.218 e. The third-order valence-electron chi connectivity index (χ3n) is 4.85. The van der Waals surface area contributed by atoms with Gasteiger partial charge < -0.3 is 4.90 Å². The lowest BCUT2D eigenvalue weighted by Gasteiger charge is -2.25. The summed E-state index contributed by atoms with van der Waals surface area (Å²) in [6, 6.07) is 14.3. The highest BCUT2D eigenvalue weighted by Gasteiger charge is 2.37. The number of hydrogen-bond donors (Lipinski definition) is 0. The molecule has 2 heterocycles. The second-order valence-corrected chi connectivity index (χ2v) is 8.27. The van der Waals surface area contributed by atoms with Crippen molar-refractivity contribution in [2.24, 2.45) is 0 Å². The molecule has 1 aromatic heterocycles. The fourth-order valence-corrected chi connectivity index (χ4v) is 4.15. The highest BCUT2D eigenvalue weighted by atomic mass is 127. The summed E-state index contributed by atoms with van der Waals surface area (Å²) in [5.41, 5.74) is 4.75. The first-order valence-corrected chi connectivity index (χ1v) is 9.09. The Morgan fingerprint density at radius 1 is 1.17 bits per heavy atom. The van der Waals surface area contributed by atoms with Crippen molar-refractivity contribution in [3.05, 3.63) is 63.1 Å². The summed E-state index contributed by atoms with van der Waals surface area (Å²) in [6.45, 7) is 7.14. The van der Waals surface area contributed by atoms with Crippen LogP contribution in [0.25, 0.3) is 10.9 Å². The average Bonchev–Trinajstić information content (AvgIpc) is 2.79. The minimum Gasteiger partial charge on any atom is -0.339 e. The number of rotatable bonds is 1. The number of nitrogens with zero attached hydrogens (tertiary/aromatic N) is 2. The molecule has 0 amide bonds. The van der Waals surface area contributed by atoms with E-state index in [1.54, 1.807) is 0 Å². The zero-order valence-corrected chi connectivity index (χ0v) is 16.1. The maximum atomic E-state index is 14.5. The molecule has 0 radical (unpaired) electrons. The van der Waals surface area contributed by atoms with Crippen LogP contribution in [0.2, 0.25) is 0 Å². The number of anilines is 2. The molecule has 24 heavy (non-hydrogen) atoms. The van der Waals surface area contributed by atoms with Gasteiger partial charge in [0.1, 0.15) is 0 Å². The lowest BCUT2D eigenvalue weighted by molar-refractivity contribution is 0.563. The van der Waals surface area contributed by atoms with Crippen LogP contribution >= 0.6 is 22.6 Å². The first-order chi connectivity index (χ1) is 11.4. The topological polar surface area (TPSA) is 16.1 Å². The van der Waals surface area contributed by atoms with E-state index >= 15 is 0 Å². The Labute approximate surface area is 154 Å². The molecule has 0 saturated heterocycles. The third kappa shape index (κ3) is 2.31. The zero-order valence-electron chi connectivity index (χ0n) is 13.9. The molecule has 1 aliphatic heterocycles. The van der Waals surface area contributed by atoms with Gasteiger partial charge in [-0.1, -0.05) is 38.1 Å². The van der Waals surface area contributed by atoms with Crippen molar-refractivity contribution >= 4 is 44.9 Å². The molecular formula is C20H18FIN2. The lowest BCUT2D eigenvalue weighted by atomic mass is 9.87. The number of benzene rings is 2. The van der Waals surface area contributed by atoms with Crippen LogP contribution in [0.3, 0.4) is 0 Å².